The molecule has 0 spiro atoms. The predicted octanol–water partition coefficient (Wildman–Crippen LogP) is 3.93. The van der Waals surface area contributed by atoms with Crippen molar-refractivity contribution in [1.29, 1.82) is 0 Å². The zero-order chi connectivity index (χ0) is 18.6. The second-order valence-electron chi connectivity index (χ2n) is 5.53. The van der Waals surface area contributed by atoms with Crippen molar-refractivity contribution in [3.63, 3.8) is 0 Å². The highest BCUT2D eigenvalue weighted by Crippen LogP contribution is 2.21. The van der Waals surface area contributed by atoms with E-state index in [0.29, 0.717) is 29.4 Å². The van der Waals surface area contributed by atoms with Crippen LogP contribution in [0.2, 0.25) is 5.02 Å². The molecular formula is C18H21ClN2O3S. The first kappa shape index (κ1) is 19.4. The number of aryl methyl sites for hydroxylation is 1. The number of nitrogens with one attached hydrogen (secondary N) is 1. The fourth-order valence-corrected chi connectivity index (χ4v) is 4.04. The molecule has 1 N–H and O–H groups in total. The summed E-state index contributed by atoms with van der Waals surface area (Å²) in [7, 11) is -3.53. The maximum Gasteiger partial charge on any atom is 0.255 e. The van der Waals surface area contributed by atoms with Gasteiger partial charge in [0.1, 0.15) is 0 Å². The summed E-state index contributed by atoms with van der Waals surface area (Å²) in [4.78, 5) is 12.5. The van der Waals surface area contributed by atoms with E-state index in [4.69, 9.17) is 11.6 Å². The number of hydrogen-bond acceptors (Lipinski definition) is 3. The van der Waals surface area contributed by atoms with E-state index in [1.165, 1.54) is 28.6 Å². The van der Waals surface area contributed by atoms with Crippen molar-refractivity contribution in [2.75, 3.05) is 18.4 Å². The van der Waals surface area contributed by atoms with Crippen LogP contribution in [0.3, 0.4) is 0 Å². The summed E-state index contributed by atoms with van der Waals surface area (Å²) in [6, 6.07) is 11.2. The molecular weight excluding hydrogens is 360 g/mol. The first-order chi connectivity index (χ1) is 11.8. The standard InChI is InChI=1S/C18H21ClN2O3S/c1-4-21(5-2)25(23,24)16-10-7-14(8-11-16)18(22)20-17-12-15(19)9-6-13(17)3/h6-12H,4-5H2,1-3H3,(H,20,22). The number of halogens is 1. The lowest BCUT2D eigenvalue weighted by Crippen LogP contribution is -2.30. The van der Waals surface area contributed by atoms with Gasteiger partial charge in [0.05, 0.1) is 4.90 Å². The monoisotopic (exact) mass is 380 g/mol. The Morgan fingerprint density at radius 3 is 2.24 bits per heavy atom. The molecule has 2 rings (SSSR count). The Kier molecular flexibility index (Phi) is 6.21. The van der Waals surface area contributed by atoms with Crippen molar-refractivity contribution in [2.45, 2.75) is 25.7 Å². The van der Waals surface area contributed by atoms with E-state index in [9.17, 15) is 13.2 Å². The summed E-state index contributed by atoms with van der Waals surface area (Å²) in [6.45, 7) is 6.24. The average Bonchev–Trinajstić information content (AvgIpc) is 2.59. The Bertz CT molecular complexity index is 860. The van der Waals surface area contributed by atoms with Crippen LogP contribution in [0.1, 0.15) is 29.8 Å². The zero-order valence-corrected chi connectivity index (χ0v) is 16.0. The third kappa shape index (κ3) is 4.39. The topological polar surface area (TPSA) is 66.5 Å². The molecule has 0 fully saturated rings. The minimum absolute atomic E-state index is 0.173. The molecule has 1 amide bonds. The summed E-state index contributed by atoms with van der Waals surface area (Å²) < 4.78 is 26.3. The Balaban J connectivity index is 2.22. The maximum atomic E-state index is 12.5. The first-order valence-corrected chi connectivity index (χ1v) is 9.79. The Morgan fingerprint density at radius 1 is 1.08 bits per heavy atom. The lowest BCUT2D eigenvalue weighted by atomic mass is 10.1. The lowest BCUT2D eigenvalue weighted by Gasteiger charge is -2.18. The minimum atomic E-state index is -3.53. The van der Waals surface area contributed by atoms with Crippen LogP contribution in [0.25, 0.3) is 0 Å². The van der Waals surface area contributed by atoms with Gasteiger partial charge in [0.2, 0.25) is 10.0 Å². The molecule has 0 heterocycles. The van der Waals surface area contributed by atoms with E-state index >= 15 is 0 Å². The lowest BCUT2D eigenvalue weighted by molar-refractivity contribution is 0.102. The number of anilines is 1. The molecule has 0 aliphatic carbocycles. The third-order valence-corrected chi connectivity index (χ3v) is 6.21. The first-order valence-electron chi connectivity index (χ1n) is 7.97. The van der Waals surface area contributed by atoms with Crippen LogP contribution in [0.4, 0.5) is 5.69 Å². The molecule has 2 aromatic carbocycles. The number of benzene rings is 2. The number of nitrogens with zero attached hydrogens (tertiary/aromatic N) is 1. The molecule has 2 aromatic rings. The Labute approximate surface area is 153 Å². The molecule has 0 saturated carbocycles. The highest BCUT2D eigenvalue weighted by molar-refractivity contribution is 7.89. The largest absolute Gasteiger partial charge is 0.322 e. The van der Waals surface area contributed by atoms with Crippen LogP contribution >= 0.6 is 11.6 Å². The van der Waals surface area contributed by atoms with Crippen molar-refractivity contribution in [2.24, 2.45) is 0 Å². The maximum absolute atomic E-state index is 12.5. The van der Waals surface area contributed by atoms with E-state index in [0.717, 1.165) is 5.56 Å². The fraction of sp³-hybridized carbons (Fsp3) is 0.278. The van der Waals surface area contributed by atoms with Gasteiger partial charge < -0.3 is 5.32 Å². The van der Waals surface area contributed by atoms with Gasteiger partial charge in [0.25, 0.3) is 5.91 Å². The van der Waals surface area contributed by atoms with Gasteiger partial charge in [-0.25, -0.2) is 8.42 Å². The van der Waals surface area contributed by atoms with Crippen LogP contribution in [-0.2, 0) is 10.0 Å². The van der Waals surface area contributed by atoms with Crippen molar-refractivity contribution in [3.05, 3.63) is 58.6 Å². The normalized spacial score (nSPS) is 11.6. The highest BCUT2D eigenvalue weighted by Gasteiger charge is 2.21. The van der Waals surface area contributed by atoms with Gasteiger partial charge in [-0.3, -0.25) is 4.79 Å². The van der Waals surface area contributed by atoms with E-state index in [2.05, 4.69) is 5.32 Å². The molecule has 0 saturated heterocycles. The van der Waals surface area contributed by atoms with Crippen LogP contribution < -0.4 is 5.32 Å². The minimum Gasteiger partial charge on any atom is -0.322 e. The van der Waals surface area contributed by atoms with Crippen molar-refractivity contribution in [1.82, 2.24) is 4.31 Å². The fourth-order valence-electron chi connectivity index (χ4n) is 2.41. The highest BCUT2D eigenvalue weighted by atomic mass is 35.5. The molecule has 0 aliphatic rings. The van der Waals surface area contributed by atoms with Crippen molar-refractivity contribution in [3.8, 4) is 0 Å². The number of rotatable bonds is 6. The van der Waals surface area contributed by atoms with E-state index in [-0.39, 0.29) is 10.8 Å². The zero-order valence-electron chi connectivity index (χ0n) is 14.4. The number of amides is 1. The van der Waals surface area contributed by atoms with Crippen molar-refractivity contribution >= 4 is 33.2 Å². The SMILES string of the molecule is CCN(CC)S(=O)(=O)c1ccc(C(=O)Nc2cc(Cl)ccc2C)cc1. The van der Waals surface area contributed by atoms with Gasteiger partial charge in [0.15, 0.2) is 0 Å². The molecule has 5 nitrogen and oxygen atoms in total. The molecule has 134 valence electrons. The van der Waals surface area contributed by atoms with Crippen molar-refractivity contribution < 1.29 is 13.2 Å². The summed E-state index contributed by atoms with van der Waals surface area (Å²) in [5.74, 6) is -0.322. The van der Waals surface area contributed by atoms with Crippen LogP contribution in [0.5, 0.6) is 0 Å². The summed E-state index contributed by atoms with van der Waals surface area (Å²) in [5.41, 5.74) is 1.88. The Hall–Kier alpha value is -1.89. The van der Waals surface area contributed by atoms with Gasteiger partial charge in [0, 0.05) is 29.4 Å². The van der Waals surface area contributed by atoms with Gasteiger partial charge >= 0.3 is 0 Å². The summed E-state index contributed by atoms with van der Waals surface area (Å²) in [6.07, 6.45) is 0. The molecule has 7 heteroatoms. The average molecular weight is 381 g/mol. The molecule has 0 radical (unpaired) electrons. The quantitative estimate of drug-likeness (QED) is 0.825. The summed E-state index contributed by atoms with van der Waals surface area (Å²) >= 11 is 5.95. The second-order valence-corrected chi connectivity index (χ2v) is 7.90. The number of carbonyl (C=O) groups excluding carboxylic acids is 1. The van der Waals surface area contributed by atoms with Crippen LogP contribution in [0, 0.1) is 6.92 Å². The van der Waals surface area contributed by atoms with E-state index in [1.807, 2.05) is 13.0 Å². The van der Waals surface area contributed by atoms with Gasteiger partial charge in [-0.05, 0) is 48.9 Å². The molecule has 0 unspecified atom stereocenters. The summed E-state index contributed by atoms with van der Waals surface area (Å²) in [5, 5.41) is 3.32. The van der Waals surface area contributed by atoms with E-state index in [1.54, 1.807) is 26.0 Å². The van der Waals surface area contributed by atoms with E-state index < -0.39 is 10.0 Å². The molecule has 0 aromatic heterocycles. The van der Waals surface area contributed by atoms with Gasteiger partial charge in [-0.2, -0.15) is 4.31 Å². The second kappa shape index (κ2) is 7.99. The number of sulfonamides is 1. The van der Waals surface area contributed by atoms with Gasteiger partial charge in [-0.15, -0.1) is 0 Å². The van der Waals surface area contributed by atoms with Gasteiger partial charge in [-0.1, -0.05) is 31.5 Å². The van der Waals surface area contributed by atoms with Crippen LogP contribution in [-0.4, -0.2) is 31.7 Å². The molecule has 0 aliphatic heterocycles. The third-order valence-electron chi connectivity index (χ3n) is 3.91. The molecule has 0 bridgehead atoms. The number of hydrogen-bond donors (Lipinski definition) is 1. The van der Waals surface area contributed by atoms with Crippen LogP contribution in [0.15, 0.2) is 47.4 Å². The predicted molar refractivity (Wildman–Crippen MR) is 101 cm³/mol. The Morgan fingerprint density at radius 2 is 1.68 bits per heavy atom. The molecule has 0 atom stereocenters. The smallest absolute Gasteiger partial charge is 0.255 e. The number of carbonyl (C=O) groups is 1. The molecule has 25 heavy (non-hydrogen) atoms.